The van der Waals surface area contributed by atoms with Gasteiger partial charge in [0.15, 0.2) is 0 Å². The van der Waals surface area contributed by atoms with Crippen LogP contribution in [0.2, 0.25) is 0 Å². The van der Waals surface area contributed by atoms with Gasteiger partial charge < -0.3 is 10.1 Å². The van der Waals surface area contributed by atoms with E-state index >= 15 is 0 Å². The summed E-state index contributed by atoms with van der Waals surface area (Å²) in [6, 6.07) is 0.627. The number of hydrogen-bond acceptors (Lipinski definition) is 3. The first-order valence-electron chi connectivity index (χ1n) is 9.12. The molecule has 1 saturated carbocycles. The van der Waals surface area contributed by atoms with Gasteiger partial charge >= 0.3 is 0 Å². The standard InChI is InChI=1S/C18H36N2O/c1-5-17(6-2)15-20(16(3)10-13-21-4)18(14-19-17)11-8-7-9-12-18/h16,19H,5-15H2,1-4H3. The van der Waals surface area contributed by atoms with Gasteiger partial charge in [-0.3, -0.25) is 4.90 Å². The summed E-state index contributed by atoms with van der Waals surface area (Å²) in [5.74, 6) is 0. The number of hydrogen-bond donors (Lipinski definition) is 1. The summed E-state index contributed by atoms with van der Waals surface area (Å²) in [4.78, 5) is 2.87. The van der Waals surface area contributed by atoms with Crippen LogP contribution in [0.25, 0.3) is 0 Å². The van der Waals surface area contributed by atoms with Crippen LogP contribution in [0.5, 0.6) is 0 Å². The van der Waals surface area contributed by atoms with E-state index in [1.54, 1.807) is 0 Å². The first-order valence-corrected chi connectivity index (χ1v) is 9.12. The van der Waals surface area contributed by atoms with Gasteiger partial charge in [0.05, 0.1) is 0 Å². The summed E-state index contributed by atoms with van der Waals surface area (Å²) in [5, 5.41) is 3.96. The summed E-state index contributed by atoms with van der Waals surface area (Å²) < 4.78 is 5.34. The fourth-order valence-electron chi connectivity index (χ4n) is 4.47. The highest BCUT2D eigenvalue weighted by Gasteiger charge is 2.47. The van der Waals surface area contributed by atoms with Crippen LogP contribution in [0.3, 0.4) is 0 Å². The predicted molar refractivity (Wildman–Crippen MR) is 89.8 cm³/mol. The number of piperazine rings is 1. The number of rotatable bonds is 6. The van der Waals surface area contributed by atoms with E-state index in [-0.39, 0.29) is 0 Å². The second-order valence-electron chi connectivity index (χ2n) is 7.38. The first kappa shape index (κ1) is 17.2. The van der Waals surface area contributed by atoms with Crippen molar-refractivity contribution in [2.45, 2.75) is 89.3 Å². The molecule has 3 heteroatoms. The van der Waals surface area contributed by atoms with Crippen molar-refractivity contribution in [2.75, 3.05) is 26.8 Å². The van der Waals surface area contributed by atoms with Crippen LogP contribution in [0.1, 0.15) is 72.1 Å². The number of nitrogens with zero attached hydrogens (tertiary/aromatic N) is 1. The van der Waals surface area contributed by atoms with Crippen molar-refractivity contribution >= 4 is 0 Å². The fourth-order valence-corrected chi connectivity index (χ4v) is 4.47. The normalized spacial score (nSPS) is 26.9. The zero-order chi connectivity index (χ0) is 15.3. The van der Waals surface area contributed by atoms with E-state index in [0.29, 0.717) is 17.1 Å². The van der Waals surface area contributed by atoms with Crippen LogP contribution >= 0.6 is 0 Å². The Morgan fingerprint density at radius 3 is 2.38 bits per heavy atom. The molecule has 0 amide bonds. The van der Waals surface area contributed by atoms with Crippen LogP contribution in [0, 0.1) is 0 Å². The van der Waals surface area contributed by atoms with E-state index < -0.39 is 0 Å². The summed E-state index contributed by atoms with van der Waals surface area (Å²) in [6.45, 7) is 10.4. The summed E-state index contributed by atoms with van der Waals surface area (Å²) >= 11 is 0. The van der Waals surface area contributed by atoms with Gasteiger partial charge in [0.1, 0.15) is 0 Å². The Bertz CT molecular complexity index is 308. The van der Waals surface area contributed by atoms with Crippen LogP contribution in [0.15, 0.2) is 0 Å². The highest BCUT2D eigenvalue weighted by Crippen LogP contribution is 2.40. The molecule has 2 fully saturated rings. The minimum absolute atomic E-state index is 0.323. The summed E-state index contributed by atoms with van der Waals surface area (Å²) in [6.07, 6.45) is 10.6. The van der Waals surface area contributed by atoms with Crippen molar-refractivity contribution < 1.29 is 4.74 Å². The largest absolute Gasteiger partial charge is 0.385 e. The minimum Gasteiger partial charge on any atom is -0.385 e. The molecular weight excluding hydrogens is 260 g/mol. The third kappa shape index (κ3) is 3.62. The minimum atomic E-state index is 0.323. The smallest absolute Gasteiger partial charge is 0.0477 e. The van der Waals surface area contributed by atoms with Crippen LogP contribution in [-0.4, -0.2) is 48.8 Å². The molecule has 1 saturated heterocycles. The zero-order valence-electron chi connectivity index (χ0n) is 14.7. The molecule has 21 heavy (non-hydrogen) atoms. The van der Waals surface area contributed by atoms with Crippen molar-refractivity contribution in [3.05, 3.63) is 0 Å². The van der Waals surface area contributed by atoms with E-state index in [9.17, 15) is 0 Å². The van der Waals surface area contributed by atoms with Gasteiger partial charge in [-0.15, -0.1) is 0 Å². The molecule has 0 aromatic rings. The second-order valence-corrected chi connectivity index (χ2v) is 7.38. The molecule has 1 aliphatic heterocycles. The van der Waals surface area contributed by atoms with Gasteiger partial charge in [0.25, 0.3) is 0 Å². The molecule has 0 bridgehead atoms. The lowest BCUT2D eigenvalue weighted by Gasteiger charge is -2.58. The monoisotopic (exact) mass is 296 g/mol. The maximum absolute atomic E-state index is 5.34. The van der Waals surface area contributed by atoms with Crippen LogP contribution in [0.4, 0.5) is 0 Å². The Hall–Kier alpha value is -0.120. The summed E-state index contributed by atoms with van der Waals surface area (Å²) in [5.41, 5.74) is 0.739. The summed E-state index contributed by atoms with van der Waals surface area (Å²) in [7, 11) is 1.82. The number of methoxy groups -OCH3 is 1. The van der Waals surface area contributed by atoms with E-state index in [0.717, 1.165) is 13.0 Å². The molecule has 1 heterocycles. The average Bonchev–Trinajstić information content (AvgIpc) is 2.54. The third-order valence-corrected chi connectivity index (χ3v) is 6.28. The molecule has 0 radical (unpaired) electrons. The van der Waals surface area contributed by atoms with E-state index in [4.69, 9.17) is 4.74 Å². The van der Waals surface area contributed by atoms with Crippen molar-refractivity contribution in [3.8, 4) is 0 Å². The molecule has 0 aromatic heterocycles. The van der Waals surface area contributed by atoms with Gasteiger partial charge in [-0.2, -0.15) is 0 Å². The van der Waals surface area contributed by atoms with Gasteiger partial charge in [0.2, 0.25) is 0 Å². The first-order chi connectivity index (χ1) is 10.1. The lowest BCUT2D eigenvalue weighted by molar-refractivity contribution is -0.0515. The second kappa shape index (κ2) is 7.43. The molecule has 1 atom stereocenters. The van der Waals surface area contributed by atoms with Crippen molar-refractivity contribution in [1.82, 2.24) is 10.2 Å². The highest BCUT2D eigenvalue weighted by molar-refractivity contribution is 5.06. The number of nitrogens with one attached hydrogen (secondary N) is 1. The lowest BCUT2D eigenvalue weighted by Crippen LogP contribution is -2.71. The molecule has 2 aliphatic rings. The Morgan fingerprint density at radius 1 is 1.14 bits per heavy atom. The van der Waals surface area contributed by atoms with Crippen molar-refractivity contribution in [1.29, 1.82) is 0 Å². The van der Waals surface area contributed by atoms with Crippen LogP contribution < -0.4 is 5.32 Å². The Balaban J connectivity index is 2.16. The molecule has 2 rings (SSSR count). The molecular formula is C18H36N2O. The predicted octanol–water partition coefficient (Wildman–Crippen LogP) is 3.58. The van der Waals surface area contributed by atoms with Crippen molar-refractivity contribution in [2.24, 2.45) is 0 Å². The van der Waals surface area contributed by atoms with E-state index in [1.165, 1.54) is 58.0 Å². The van der Waals surface area contributed by atoms with Gasteiger partial charge in [-0.05, 0) is 39.0 Å². The quantitative estimate of drug-likeness (QED) is 0.811. The average molecular weight is 296 g/mol. The topological polar surface area (TPSA) is 24.5 Å². The number of ether oxygens (including phenoxy) is 1. The highest BCUT2D eigenvalue weighted by atomic mass is 16.5. The molecule has 1 aliphatic carbocycles. The Morgan fingerprint density at radius 2 is 1.81 bits per heavy atom. The molecule has 0 aromatic carbocycles. The maximum atomic E-state index is 5.34. The molecule has 1 N–H and O–H groups in total. The van der Waals surface area contributed by atoms with Gasteiger partial charge in [-0.25, -0.2) is 0 Å². The maximum Gasteiger partial charge on any atom is 0.0477 e. The van der Waals surface area contributed by atoms with Gasteiger partial charge in [-0.1, -0.05) is 33.1 Å². The molecule has 3 nitrogen and oxygen atoms in total. The molecule has 1 unspecified atom stereocenters. The fraction of sp³-hybridized carbons (Fsp3) is 1.00. The Kier molecular flexibility index (Phi) is 6.10. The Labute approximate surface area is 131 Å². The third-order valence-electron chi connectivity index (χ3n) is 6.28. The molecule has 124 valence electrons. The van der Waals surface area contributed by atoms with E-state index in [1.807, 2.05) is 7.11 Å². The zero-order valence-corrected chi connectivity index (χ0v) is 14.7. The SMILES string of the molecule is CCC1(CC)CN(C(C)CCOC)C2(CCCCC2)CN1. The van der Waals surface area contributed by atoms with Crippen molar-refractivity contribution in [3.63, 3.8) is 0 Å². The van der Waals surface area contributed by atoms with E-state index in [2.05, 4.69) is 31.0 Å². The lowest BCUT2D eigenvalue weighted by atomic mass is 9.74. The van der Waals surface area contributed by atoms with Gasteiger partial charge in [0, 0.05) is 43.9 Å². The molecule has 1 spiro atoms. The van der Waals surface area contributed by atoms with Crippen LogP contribution in [-0.2, 0) is 4.74 Å².